The van der Waals surface area contributed by atoms with Gasteiger partial charge in [0.25, 0.3) is 0 Å². The van der Waals surface area contributed by atoms with Crippen molar-refractivity contribution in [3.63, 3.8) is 0 Å². The molecule has 18 heavy (non-hydrogen) atoms. The lowest BCUT2D eigenvalue weighted by Crippen LogP contribution is -2.38. The molecule has 0 bridgehead atoms. The zero-order valence-electron chi connectivity index (χ0n) is 14.7. The quantitative estimate of drug-likeness (QED) is 0.503. The molecule has 0 aromatic heterocycles. The van der Waals surface area contributed by atoms with Crippen LogP contribution < -0.4 is 0 Å². The lowest BCUT2D eigenvalue weighted by atomic mass is 9.60. The maximum atomic E-state index is 2.47. The number of hydrogen-bond acceptors (Lipinski definition) is 0. The summed E-state index contributed by atoms with van der Waals surface area (Å²) in [5, 5.41) is 0. The van der Waals surface area contributed by atoms with E-state index in [4.69, 9.17) is 0 Å². The molecule has 0 aromatic rings. The van der Waals surface area contributed by atoms with Crippen LogP contribution in [0.1, 0.15) is 75.7 Å². The Balaban J connectivity index is 4.86. The van der Waals surface area contributed by atoms with Crippen LogP contribution in [-0.4, -0.2) is 0 Å². The van der Waals surface area contributed by atoms with E-state index in [0.29, 0.717) is 5.41 Å². The van der Waals surface area contributed by atoms with Gasteiger partial charge in [-0.05, 0) is 40.9 Å². The van der Waals surface area contributed by atoms with Crippen LogP contribution in [0.15, 0.2) is 0 Å². The first-order valence-electron chi connectivity index (χ1n) is 8.07. The van der Waals surface area contributed by atoms with Gasteiger partial charge in [0.15, 0.2) is 0 Å². The van der Waals surface area contributed by atoms with Crippen molar-refractivity contribution in [3.8, 4) is 0 Å². The lowest BCUT2D eigenvalue weighted by Gasteiger charge is -2.45. The van der Waals surface area contributed by atoms with Gasteiger partial charge < -0.3 is 0 Å². The highest BCUT2D eigenvalue weighted by Gasteiger charge is 2.38. The van der Waals surface area contributed by atoms with Gasteiger partial charge in [-0.15, -0.1) is 0 Å². The van der Waals surface area contributed by atoms with E-state index < -0.39 is 0 Å². The molecule has 0 aliphatic heterocycles. The van der Waals surface area contributed by atoms with Gasteiger partial charge >= 0.3 is 0 Å². The molecular weight excluding hydrogens is 216 g/mol. The van der Waals surface area contributed by atoms with Crippen molar-refractivity contribution in [2.75, 3.05) is 0 Å². The Bertz CT molecular complexity index is 226. The predicted molar refractivity (Wildman–Crippen MR) is 84.7 cm³/mol. The zero-order valence-corrected chi connectivity index (χ0v) is 14.7. The van der Waals surface area contributed by atoms with Crippen LogP contribution in [0.3, 0.4) is 0 Å². The Hall–Kier alpha value is 0. The maximum Gasteiger partial charge on any atom is -0.0298 e. The SMILES string of the molecule is CCC(C)C(C)C(C)C(C)C(C)(C)C(C)C(C)C. The van der Waals surface area contributed by atoms with Crippen molar-refractivity contribution in [1.29, 1.82) is 0 Å². The Morgan fingerprint density at radius 2 is 1.17 bits per heavy atom. The standard InChI is InChI=1S/C18H38/c1-11-13(4)14(5)15(6)17(8)18(9,10)16(7)12(2)3/h12-17H,11H2,1-10H3. The summed E-state index contributed by atoms with van der Waals surface area (Å²) in [7, 11) is 0. The summed E-state index contributed by atoms with van der Waals surface area (Å²) in [6.45, 7) is 24.2. The fourth-order valence-electron chi connectivity index (χ4n) is 3.30. The number of hydrogen-bond donors (Lipinski definition) is 0. The second-order valence-corrected chi connectivity index (χ2v) is 7.75. The predicted octanol–water partition coefficient (Wildman–Crippen LogP) is 6.26. The summed E-state index contributed by atoms with van der Waals surface area (Å²) in [6.07, 6.45) is 1.30. The van der Waals surface area contributed by atoms with Crippen LogP contribution in [0.25, 0.3) is 0 Å². The third-order valence-corrected chi connectivity index (χ3v) is 6.51. The van der Waals surface area contributed by atoms with Gasteiger partial charge in [0.2, 0.25) is 0 Å². The Morgan fingerprint density at radius 1 is 0.722 bits per heavy atom. The third-order valence-electron chi connectivity index (χ3n) is 6.51. The highest BCUT2D eigenvalue weighted by molar-refractivity contribution is 4.87. The Labute approximate surface area is 117 Å². The lowest BCUT2D eigenvalue weighted by molar-refractivity contribution is 0.0392. The molecule has 0 heterocycles. The topological polar surface area (TPSA) is 0 Å². The van der Waals surface area contributed by atoms with Crippen molar-refractivity contribution in [2.24, 2.45) is 40.9 Å². The fraction of sp³-hybridized carbons (Fsp3) is 1.00. The van der Waals surface area contributed by atoms with Crippen LogP contribution in [0.2, 0.25) is 0 Å². The third kappa shape index (κ3) is 4.00. The first-order chi connectivity index (χ1) is 8.07. The van der Waals surface area contributed by atoms with E-state index in [2.05, 4.69) is 69.2 Å². The average molecular weight is 255 g/mol. The van der Waals surface area contributed by atoms with E-state index >= 15 is 0 Å². The number of rotatable bonds is 7. The Kier molecular flexibility index (Phi) is 6.96. The molecule has 0 spiro atoms. The van der Waals surface area contributed by atoms with Crippen LogP contribution in [0, 0.1) is 40.9 Å². The molecule has 0 saturated heterocycles. The molecule has 110 valence electrons. The molecule has 0 saturated carbocycles. The second-order valence-electron chi connectivity index (χ2n) is 7.75. The van der Waals surface area contributed by atoms with E-state index in [1.807, 2.05) is 0 Å². The molecule has 0 aromatic carbocycles. The van der Waals surface area contributed by atoms with Crippen LogP contribution in [-0.2, 0) is 0 Å². The van der Waals surface area contributed by atoms with E-state index in [1.54, 1.807) is 0 Å². The minimum absolute atomic E-state index is 0.426. The van der Waals surface area contributed by atoms with Gasteiger partial charge in [0.1, 0.15) is 0 Å². The first kappa shape index (κ1) is 18.0. The van der Waals surface area contributed by atoms with Gasteiger partial charge in [-0.2, -0.15) is 0 Å². The summed E-state index contributed by atoms with van der Waals surface area (Å²) in [5.74, 6) is 4.79. The van der Waals surface area contributed by atoms with E-state index in [1.165, 1.54) is 6.42 Å². The summed E-state index contributed by atoms with van der Waals surface area (Å²) < 4.78 is 0. The highest BCUT2D eigenvalue weighted by Crippen LogP contribution is 2.45. The molecular formula is C18H38. The second kappa shape index (κ2) is 6.96. The van der Waals surface area contributed by atoms with Crippen molar-refractivity contribution < 1.29 is 0 Å². The molecule has 5 unspecified atom stereocenters. The van der Waals surface area contributed by atoms with Crippen molar-refractivity contribution >= 4 is 0 Å². The monoisotopic (exact) mass is 254 g/mol. The fourth-order valence-corrected chi connectivity index (χ4v) is 3.30. The van der Waals surface area contributed by atoms with E-state index in [0.717, 1.165) is 35.5 Å². The highest BCUT2D eigenvalue weighted by atomic mass is 14.4. The normalized spacial score (nSPS) is 21.5. The molecule has 0 fully saturated rings. The minimum atomic E-state index is 0.426. The van der Waals surface area contributed by atoms with Crippen LogP contribution in [0.5, 0.6) is 0 Å². The van der Waals surface area contributed by atoms with E-state index in [-0.39, 0.29) is 0 Å². The van der Waals surface area contributed by atoms with Crippen LogP contribution in [0.4, 0.5) is 0 Å². The molecule has 0 aliphatic carbocycles. The van der Waals surface area contributed by atoms with Gasteiger partial charge in [-0.25, -0.2) is 0 Å². The summed E-state index contributed by atoms with van der Waals surface area (Å²) in [5.41, 5.74) is 0.426. The molecule has 0 aliphatic rings. The molecule has 0 nitrogen and oxygen atoms in total. The minimum Gasteiger partial charge on any atom is -0.0651 e. The first-order valence-corrected chi connectivity index (χ1v) is 8.07. The van der Waals surface area contributed by atoms with Gasteiger partial charge in [0, 0.05) is 0 Å². The summed E-state index contributed by atoms with van der Waals surface area (Å²) in [6, 6.07) is 0. The van der Waals surface area contributed by atoms with Gasteiger partial charge in [-0.1, -0.05) is 75.7 Å². The molecule has 0 radical (unpaired) electrons. The van der Waals surface area contributed by atoms with Gasteiger partial charge in [-0.3, -0.25) is 0 Å². The smallest absolute Gasteiger partial charge is 0.0298 e. The zero-order chi connectivity index (χ0) is 14.7. The Morgan fingerprint density at radius 3 is 1.50 bits per heavy atom. The summed E-state index contributed by atoms with van der Waals surface area (Å²) >= 11 is 0. The molecule has 0 N–H and O–H groups in total. The molecule has 0 heteroatoms. The summed E-state index contributed by atoms with van der Waals surface area (Å²) in [4.78, 5) is 0. The van der Waals surface area contributed by atoms with E-state index in [9.17, 15) is 0 Å². The van der Waals surface area contributed by atoms with Crippen molar-refractivity contribution in [2.45, 2.75) is 75.7 Å². The largest absolute Gasteiger partial charge is 0.0651 e. The maximum absolute atomic E-state index is 2.47. The van der Waals surface area contributed by atoms with Crippen molar-refractivity contribution in [1.82, 2.24) is 0 Å². The van der Waals surface area contributed by atoms with Crippen molar-refractivity contribution in [3.05, 3.63) is 0 Å². The molecule has 0 rings (SSSR count). The molecule has 5 atom stereocenters. The van der Waals surface area contributed by atoms with Crippen LogP contribution >= 0.6 is 0 Å². The molecule has 0 amide bonds. The van der Waals surface area contributed by atoms with Gasteiger partial charge in [0.05, 0.1) is 0 Å². The average Bonchev–Trinajstić information content (AvgIpc) is 2.33.